The standard InChI is InChI=1S/C58H46O9/c59-49(42-24-10-2-11-25-42)56(63)53(52(62)55(45-30-16-5-17-31-45,46-32-18-6-19-33-46)47-34-20-7-21-35-47)67-54(66-48-38-36-41(37-39-48)40-22-8-1-9-23-40)57(64,50(60)43-26-12-3-13-27-43)58(56,65)51(61)44-28-14-4-15-29-44/h1-39,52-54,62-65H/t52?,53-,54+,56-,57-,58+/m1/s1. The summed E-state index contributed by atoms with van der Waals surface area (Å²) in [4.78, 5) is 47.1. The van der Waals surface area contributed by atoms with Gasteiger partial charge in [-0.05, 0) is 39.9 Å². The number of ether oxygens (including phenoxy) is 2. The Morgan fingerprint density at radius 3 is 1.16 bits per heavy atom. The zero-order valence-electron chi connectivity index (χ0n) is 36.1. The zero-order valence-corrected chi connectivity index (χ0v) is 36.1. The van der Waals surface area contributed by atoms with E-state index in [1.165, 1.54) is 72.8 Å². The molecule has 0 radical (unpaired) electrons. The molecule has 9 nitrogen and oxygen atoms in total. The maximum atomic E-state index is 15.8. The summed E-state index contributed by atoms with van der Waals surface area (Å²) < 4.78 is 13.3. The lowest BCUT2D eigenvalue weighted by atomic mass is 9.54. The number of hydrogen-bond donors (Lipinski definition) is 4. The summed E-state index contributed by atoms with van der Waals surface area (Å²) in [6.45, 7) is 0. The Morgan fingerprint density at radius 2 is 0.761 bits per heavy atom. The summed E-state index contributed by atoms with van der Waals surface area (Å²) in [5.41, 5.74) is -10.7. The molecule has 0 bridgehead atoms. The van der Waals surface area contributed by atoms with Gasteiger partial charge in [-0.2, -0.15) is 0 Å². The molecule has 0 aromatic heterocycles. The van der Waals surface area contributed by atoms with Gasteiger partial charge >= 0.3 is 0 Å². The molecule has 1 saturated heterocycles. The number of benzene rings is 8. The fraction of sp³-hybridized carbons (Fsp3) is 0.121. The van der Waals surface area contributed by atoms with Crippen LogP contribution in [0.15, 0.2) is 237 Å². The lowest BCUT2D eigenvalue weighted by Gasteiger charge is -2.60. The first kappa shape index (κ1) is 44.6. The van der Waals surface area contributed by atoms with Gasteiger partial charge in [0.2, 0.25) is 34.8 Å². The number of aliphatic hydroxyl groups is 4. The molecule has 8 aromatic rings. The van der Waals surface area contributed by atoms with Gasteiger partial charge in [-0.15, -0.1) is 0 Å². The van der Waals surface area contributed by atoms with E-state index in [1.54, 1.807) is 133 Å². The van der Waals surface area contributed by atoms with E-state index in [1.807, 2.05) is 30.3 Å². The Bertz CT molecular complexity index is 2860. The van der Waals surface area contributed by atoms with E-state index in [0.717, 1.165) is 11.1 Å². The van der Waals surface area contributed by atoms with Crippen LogP contribution in [0.3, 0.4) is 0 Å². The van der Waals surface area contributed by atoms with Gasteiger partial charge in [0.25, 0.3) is 0 Å². The maximum Gasteiger partial charge on any atom is 0.240 e. The van der Waals surface area contributed by atoms with Crippen molar-refractivity contribution in [2.75, 3.05) is 0 Å². The van der Waals surface area contributed by atoms with Crippen molar-refractivity contribution in [2.45, 2.75) is 40.7 Å². The molecule has 1 unspecified atom stereocenters. The van der Waals surface area contributed by atoms with E-state index in [0.29, 0.717) is 16.7 Å². The third-order valence-corrected chi connectivity index (χ3v) is 12.9. The highest BCUT2D eigenvalue weighted by atomic mass is 16.7. The van der Waals surface area contributed by atoms with Crippen molar-refractivity contribution in [3.05, 3.63) is 270 Å². The topological polar surface area (TPSA) is 151 Å². The molecule has 6 atom stereocenters. The van der Waals surface area contributed by atoms with E-state index in [4.69, 9.17) is 9.47 Å². The second-order valence-corrected chi connectivity index (χ2v) is 16.6. The highest BCUT2D eigenvalue weighted by Crippen LogP contribution is 2.54. The Labute approximate surface area is 387 Å². The molecule has 332 valence electrons. The van der Waals surface area contributed by atoms with Crippen molar-refractivity contribution >= 4 is 17.3 Å². The van der Waals surface area contributed by atoms with Crippen LogP contribution < -0.4 is 4.74 Å². The molecular formula is C58H46O9. The van der Waals surface area contributed by atoms with E-state index < -0.39 is 58.1 Å². The molecule has 0 saturated carbocycles. The Kier molecular flexibility index (Phi) is 12.2. The largest absolute Gasteiger partial charge is 0.461 e. The molecule has 4 N–H and O–H groups in total. The number of carbonyl (C=O) groups is 3. The third kappa shape index (κ3) is 7.40. The third-order valence-electron chi connectivity index (χ3n) is 12.9. The van der Waals surface area contributed by atoms with E-state index in [2.05, 4.69) is 0 Å². The molecule has 9 heteroatoms. The number of Topliss-reactive ketones (excluding diaryl/α,β-unsaturated/α-hetero) is 3. The van der Waals surface area contributed by atoms with E-state index in [9.17, 15) is 20.4 Å². The molecule has 0 spiro atoms. The van der Waals surface area contributed by atoms with Gasteiger partial charge in [-0.25, -0.2) is 0 Å². The molecule has 0 amide bonds. The molecule has 9 rings (SSSR count). The summed E-state index contributed by atoms with van der Waals surface area (Å²) in [5.74, 6) is -4.08. The fourth-order valence-electron chi connectivity index (χ4n) is 9.56. The summed E-state index contributed by atoms with van der Waals surface area (Å²) in [6, 6.07) is 64.6. The minimum atomic E-state index is -3.91. The number of aliphatic hydroxyl groups excluding tert-OH is 1. The molecule has 1 aliphatic heterocycles. The van der Waals surface area contributed by atoms with Gasteiger partial charge in [0.05, 0.1) is 5.41 Å². The van der Waals surface area contributed by atoms with Crippen LogP contribution in [0.5, 0.6) is 5.75 Å². The predicted octanol–water partition coefficient (Wildman–Crippen LogP) is 8.69. The number of carbonyl (C=O) groups excluding carboxylic acids is 3. The van der Waals surface area contributed by atoms with Crippen LogP contribution in [0, 0.1) is 0 Å². The van der Waals surface area contributed by atoms with Crippen LogP contribution in [-0.2, 0) is 10.2 Å². The number of rotatable bonds is 14. The van der Waals surface area contributed by atoms with Crippen molar-refractivity contribution in [3.63, 3.8) is 0 Å². The fourth-order valence-corrected chi connectivity index (χ4v) is 9.56. The monoisotopic (exact) mass is 886 g/mol. The van der Waals surface area contributed by atoms with Gasteiger partial charge in [-0.1, -0.05) is 224 Å². The van der Waals surface area contributed by atoms with Gasteiger partial charge in [0, 0.05) is 16.7 Å². The van der Waals surface area contributed by atoms with E-state index in [-0.39, 0.29) is 22.4 Å². The molecule has 1 aliphatic rings. The van der Waals surface area contributed by atoms with Crippen LogP contribution in [0.4, 0.5) is 0 Å². The van der Waals surface area contributed by atoms with Crippen molar-refractivity contribution in [1.82, 2.24) is 0 Å². The predicted molar refractivity (Wildman–Crippen MR) is 254 cm³/mol. The average Bonchev–Trinajstić information content (AvgIpc) is 3.40. The zero-order chi connectivity index (χ0) is 46.7. The summed E-state index contributed by atoms with van der Waals surface area (Å²) in [5, 5.41) is 55.7. The van der Waals surface area contributed by atoms with Crippen LogP contribution in [0.2, 0.25) is 0 Å². The first-order valence-electron chi connectivity index (χ1n) is 21.8. The smallest absolute Gasteiger partial charge is 0.240 e. The van der Waals surface area contributed by atoms with Crippen LogP contribution in [0.1, 0.15) is 47.8 Å². The Balaban J connectivity index is 1.37. The quantitative estimate of drug-likeness (QED) is 0.0622. The Hall–Kier alpha value is -7.63. The van der Waals surface area contributed by atoms with Crippen LogP contribution in [0.25, 0.3) is 11.1 Å². The minimum Gasteiger partial charge on any atom is -0.461 e. The summed E-state index contributed by atoms with van der Waals surface area (Å²) >= 11 is 0. The molecule has 1 fully saturated rings. The number of hydrogen-bond acceptors (Lipinski definition) is 9. The number of ketones is 3. The minimum absolute atomic E-state index is 0.00647. The molecule has 67 heavy (non-hydrogen) atoms. The molecule has 0 aliphatic carbocycles. The second kappa shape index (κ2) is 18.3. The lowest BCUT2D eigenvalue weighted by molar-refractivity contribution is -0.351. The summed E-state index contributed by atoms with van der Waals surface area (Å²) in [7, 11) is 0. The Morgan fingerprint density at radius 1 is 0.433 bits per heavy atom. The van der Waals surface area contributed by atoms with Gasteiger partial charge in [-0.3, -0.25) is 14.4 Å². The van der Waals surface area contributed by atoms with Crippen LogP contribution in [-0.4, -0.2) is 73.1 Å². The van der Waals surface area contributed by atoms with Crippen LogP contribution >= 0.6 is 0 Å². The molecular weight excluding hydrogens is 841 g/mol. The van der Waals surface area contributed by atoms with Gasteiger partial charge in [0.15, 0.2) is 5.60 Å². The van der Waals surface area contributed by atoms with Crippen molar-refractivity contribution in [3.8, 4) is 16.9 Å². The van der Waals surface area contributed by atoms with Gasteiger partial charge < -0.3 is 29.9 Å². The van der Waals surface area contributed by atoms with Crippen molar-refractivity contribution < 1.29 is 44.3 Å². The first-order valence-corrected chi connectivity index (χ1v) is 21.8. The van der Waals surface area contributed by atoms with Gasteiger partial charge in [0.1, 0.15) is 18.0 Å². The van der Waals surface area contributed by atoms with E-state index >= 15 is 14.4 Å². The van der Waals surface area contributed by atoms with Crippen molar-refractivity contribution in [2.24, 2.45) is 0 Å². The SMILES string of the molecule is O=C(c1ccccc1)[C@@]1(O)[C@@](O)(C(=O)c2ccccc2)[C@@H](Oc2ccc(-c3ccccc3)cc2)O[C@H](C(O)C(c2ccccc2)(c2ccccc2)c2ccccc2)[C@]1(O)C(=O)c1ccccc1. The second-order valence-electron chi connectivity index (χ2n) is 16.6. The highest BCUT2D eigenvalue weighted by Gasteiger charge is 2.83. The molecule has 8 aromatic carbocycles. The van der Waals surface area contributed by atoms with Crippen molar-refractivity contribution in [1.29, 1.82) is 0 Å². The molecule has 1 heterocycles. The first-order chi connectivity index (χ1) is 32.6. The average molecular weight is 887 g/mol. The summed E-state index contributed by atoms with van der Waals surface area (Å²) in [6.07, 6.45) is -6.95. The maximum absolute atomic E-state index is 15.8. The highest BCUT2D eigenvalue weighted by molar-refractivity contribution is 6.18. The lowest BCUT2D eigenvalue weighted by Crippen LogP contribution is -2.88. The normalized spacial score (nSPS) is 22.0.